The standard InChI is InChI=1S/C18H23N3O3S/c1-13-4-5-15(25-13)17(23)20-12-18(24)8-14(9-18)10-19-16(22)11-21-6-2-3-7-21/h2-7,14,24H,8-12H2,1H3,(H,19,22)(H,20,23). The van der Waals surface area contributed by atoms with Gasteiger partial charge in [0.25, 0.3) is 5.91 Å². The summed E-state index contributed by atoms with van der Waals surface area (Å²) in [5.74, 6) is 0.0718. The number of aromatic nitrogens is 1. The average molecular weight is 361 g/mol. The van der Waals surface area contributed by atoms with Crippen LogP contribution in [-0.4, -0.2) is 40.2 Å². The van der Waals surface area contributed by atoms with Crippen molar-refractivity contribution in [2.24, 2.45) is 5.92 Å². The first-order valence-corrected chi connectivity index (χ1v) is 9.20. The highest BCUT2D eigenvalue weighted by atomic mass is 32.1. The van der Waals surface area contributed by atoms with Crippen molar-refractivity contribution < 1.29 is 14.7 Å². The lowest BCUT2D eigenvalue weighted by molar-refractivity contribution is -0.123. The molecule has 1 aliphatic carbocycles. The van der Waals surface area contributed by atoms with E-state index >= 15 is 0 Å². The Morgan fingerprint density at radius 2 is 2.00 bits per heavy atom. The van der Waals surface area contributed by atoms with Gasteiger partial charge in [-0.05, 0) is 49.9 Å². The first-order valence-electron chi connectivity index (χ1n) is 8.38. The van der Waals surface area contributed by atoms with Gasteiger partial charge >= 0.3 is 0 Å². The maximum absolute atomic E-state index is 12.0. The smallest absolute Gasteiger partial charge is 0.261 e. The minimum atomic E-state index is -0.863. The zero-order valence-corrected chi connectivity index (χ0v) is 15.0. The third kappa shape index (κ3) is 4.70. The molecule has 25 heavy (non-hydrogen) atoms. The van der Waals surface area contributed by atoms with Gasteiger partial charge in [0.1, 0.15) is 6.54 Å². The summed E-state index contributed by atoms with van der Waals surface area (Å²) in [6, 6.07) is 7.46. The molecule has 0 aliphatic heterocycles. The number of aliphatic hydroxyl groups is 1. The Morgan fingerprint density at radius 3 is 2.64 bits per heavy atom. The molecule has 1 fully saturated rings. The molecule has 2 amide bonds. The molecule has 0 spiro atoms. The third-order valence-electron chi connectivity index (χ3n) is 4.46. The summed E-state index contributed by atoms with van der Waals surface area (Å²) in [6.07, 6.45) is 4.86. The lowest BCUT2D eigenvalue weighted by Crippen LogP contribution is -2.54. The highest BCUT2D eigenvalue weighted by molar-refractivity contribution is 7.13. The van der Waals surface area contributed by atoms with Crippen LogP contribution in [0.25, 0.3) is 0 Å². The Kier molecular flexibility index (Phi) is 5.24. The van der Waals surface area contributed by atoms with Crippen LogP contribution >= 0.6 is 11.3 Å². The molecular formula is C18H23N3O3S. The molecule has 1 aliphatic rings. The molecule has 6 nitrogen and oxygen atoms in total. The number of rotatable bonds is 7. The number of hydrogen-bond acceptors (Lipinski definition) is 4. The van der Waals surface area contributed by atoms with Crippen molar-refractivity contribution in [3.05, 3.63) is 46.4 Å². The summed E-state index contributed by atoms with van der Waals surface area (Å²) < 4.78 is 1.81. The third-order valence-corrected chi connectivity index (χ3v) is 5.46. The van der Waals surface area contributed by atoms with E-state index in [1.165, 1.54) is 11.3 Å². The highest BCUT2D eigenvalue weighted by Crippen LogP contribution is 2.36. The van der Waals surface area contributed by atoms with Gasteiger partial charge < -0.3 is 20.3 Å². The molecule has 1 saturated carbocycles. The van der Waals surface area contributed by atoms with E-state index in [0.29, 0.717) is 30.8 Å². The van der Waals surface area contributed by atoms with E-state index in [9.17, 15) is 14.7 Å². The van der Waals surface area contributed by atoms with Crippen molar-refractivity contribution >= 4 is 23.2 Å². The molecule has 7 heteroatoms. The fourth-order valence-electron chi connectivity index (χ4n) is 3.15. The van der Waals surface area contributed by atoms with Gasteiger partial charge in [-0.15, -0.1) is 11.3 Å². The number of aryl methyl sites for hydroxylation is 1. The number of amides is 2. The van der Waals surface area contributed by atoms with Crippen LogP contribution in [0.2, 0.25) is 0 Å². The van der Waals surface area contributed by atoms with Crippen molar-refractivity contribution in [3.63, 3.8) is 0 Å². The van der Waals surface area contributed by atoms with E-state index in [0.717, 1.165) is 4.88 Å². The summed E-state index contributed by atoms with van der Waals surface area (Å²) in [5.41, 5.74) is -0.863. The van der Waals surface area contributed by atoms with Gasteiger partial charge in [-0.25, -0.2) is 0 Å². The lowest BCUT2D eigenvalue weighted by Gasteiger charge is -2.43. The van der Waals surface area contributed by atoms with Gasteiger partial charge in [0.05, 0.1) is 10.5 Å². The minimum Gasteiger partial charge on any atom is -0.388 e. The second-order valence-electron chi connectivity index (χ2n) is 6.75. The molecule has 134 valence electrons. The summed E-state index contributed by atoms with van der Waals surface area (Å²) >= 11 is 1.44. The first-order chi connectivity index (χ1) is 11.9. The predicted octanol–water partition coefficient (Wildman–Crippen LogP) is 1.55. The van der Waals surface area contributed by atoms with E-state index in [-0.39, 0.29) is 24.3 Å². The number of carbonyl (C=O) groups is 2. The van der Waals surface area contributed by atoms with Crippen LogP contribution in [-0.2, 0) is 11.3 Å². The normalized spacial score (nSPS) is 22.2. The van der Waals surface area contributed by atoms with E-state index in [4.69, 9.17) is 0 Å². The second kappa shape index (κ2) is 7.41. The molecule has 3 N–H and O–H groups in total. The van der Waals surface area contributed by atoms with Crippen LogP contribution in [0.5, 0.6) is 0 Å². The number of nitrogens with zero attached hydrogens (tertiary/aromatic N) is 1. The monoisotopic (exact) mass is 361 g/mol. The lowest BCUT2D eigenvalue weighted by atomic mass is 9.71. The quantitative estimate of drug-likeness (QED) is 0.700. The number of carbonyl (C=O) groups excluding carboxylic acids is 2. The zero-order chi connectivity index (χ0) is 17.9. The molecule has 0 saturated heterocycles. The van der Waals surface area contributed by atoms with Crippen molar-refractivity contribution in [3.8, 4) is 0 Å². The zero-order valence-electron chi connectivity index (χ0n) is 14.2. The Bertz CT molecular complexity index is 733. The van der Waals surface area contributed by atoms with Crippen LogP contribution in [0, 0.1) is 12.8 Å². The van der Waals surface area contributed by atoms with Crippen LogP contribution in [0.4, 0.5) is 0 Å². The van der Waals surface area contributed by atoms with E-state index in [1.807, 2.05) is 42.1 Å². The topological polar surface area (TPSA) is 83.4 Å². The van der Waals surface area contributed by atoms with E-state index < -0.39 is 5.60 Å². The summed E-state index contributed by atoms with van der Waals surface area (Å²) in [6.45, 7) is 3.06. The highest BCUT2D eigenvalue weighted by Gasteiger charge is 2.42. The maximum Gasteiger partial charge on any atom is 0.261 e. The Labute approximate surface area is 150 Å². The first kappa shape index (κ1) is 17.7. The fourth-order valence-corrected chi connectivity index (χ4v) is 3.93. The Hall–Kier alpha value is -2.12. The summed E-state index contributed by atoms with van der Waals surface area (Å²) in [4.78, 5) is 25.6. The molecular weight excluding hydrogens is 338 g/mol. The molecule has 2 heterocycles. The van der Waals surface area contributed by atoms with Crippen LogP contribution in [0.1, 0.15) is 27.4 Å². The van der Waals surface area contributed by atoms with Crippen LogP contribution < -0.4 is 10.6 Å². The van der Waals surface area contributed by atoms with Crippen molar-refractivity contribution in [1.29, 1.82) is 0 Å². The number of nitrogens with one attached hydrogen (secondary N) is 2. The molecule has 0 aromatic carbocycles. The maximum atomic E-state index is 12.0. The van der Waals surface area contributed by atoms with Gasteiger partial charge in [-0.1, -0.05) is 0 Å². The van der Waals surface area contributed by atoms with E-state index in [2.05, 4.69) is 10.6 Å². The van der Waals surface area contributed by atoms with Crippen molar-refractivity contribution in [2.45, 2.75) is 31.9 Å². The second-order valence-corrected chi connectivity index (χ2v) is 8.04. The summed E-state index contributed by atoms with van der Waals surface area (Å²) in [5, 5.41) is 16.1. The molecule has 2 aromatic heterocycles. The van der Waals surface area contributed by atoms with Gasteiger partial charge in [-0.2, -0.15) is 0 Å². The molecule has 0 atom stereocenters. The molecule has 0 unspecified atom stereocenters. The SMILES string of the molecule is Cc1ccc(C(=O)NCC2(O)CC(CNC(=O)Cn3cccc3)C2)s1. The van der Waals surface area contributed by atoms with Gasteiger partial charge in [0.2, 0.25) is 5.91 Å². The van der Waals surface area contributed by atoms with Gasteiger partial charge in [0, 0.05) is 30.4 Å². The Balaban J connectivity index is 1.35. The number of hydrogen-bond donors (Lipinski definition) is 3. The van der Waals surface area contributed by atoms with Gasteiger partial charge in [-0.3, -0.25) is 9.59 Å². The number of thiophene rings is 1. The van der Waals surface area contributed by atoms with Crippen molar-refractivity contribution in [1.82, 2.24) is 15.2 Å². The van der Waals surface area contributed by atoms with Crippen LogP contribution in [0.15, 0.2) is 36.7 Å². The minimum absolute atomic E-state index is 0.0343. The molecule has 3 rings (SSSR count). The predicted molar refractivity (Wildman–Crippen MR) is 96.5 cm³/mol. The Morgan fingerprint density at radius 1 is 1.28 bits per heavy atom. The van der Waals surface area contributed by atoms with Crippen LogP contribution in [0.3, 0.4) is 0 Å². The van der Waals surface area contributed by atoms with Gasteiger partial charge in [0.15, 0.2) is 0 Å². The van der Waals surface area contributed by atoms with E-state index in [1.54, 1.807) is 6.07 Å². The molecule has 0 bridgehead atoms. The van der Waals surface area contributed by atoms with Crippen molar-refractivity contribution in [2.75, 3.05) is 13.1 Å². The summed E-state index contributed by atoms with van der Waals surface area (Å²) in [7, 11) is 0. The molecule has 0 radical (unpaired) electrons. The largest absolute Gasteiger partial charge is 0.388 e. The fraction of sp³-hybridized carbons (Fsp3) is 0.444. The molecule has 2 aromatic rings. The average Bonchev–Trinajstić information content (AvgIpc) is 3.20.